The zero-order valence-corrected chi connectivity index (χ0v) is 10.5. The standard InChI is InChI=1S/C10H18N4O2S/c11-9-6-12-13-10(9)14-17(15,16)7-8-4-2-1-3-5-8/h6,8H,1-5,7,11H2,(H2,12,13,14). The first kappa shape index (κ1) is 12.2. The lowest BCUT2D eigenvalue weighted by Crippen LogP contribution is -2.24. The Morgan fingerprint density at radius 2 is 2.12 bits per heavy atom. The maximum absolute atomic E-state index is 11.9. The van der Waals surface area contributed by atoms with E-state index in [2.05, 4.69) is 14.9 Å². The Balaban J connectivity index is 1.97. The van der Waals surface area contributed by atoms with E-state index in [1.807, 2.05) is 0 Å². The van der Waals surface area contributed by atoms with E-state index in [0.29, 0.717) is 5.69 Å². The van der Waals surface area contributed by atoms with E-state index in [1.54, 1.807) is 0 Å². The Morgan fingerprint density at radius 1 is 1.41 bits per heavy atom. The molecule has 0 spiro atoms. The number of sulfonamides is 1. The minimum Gasteiger partial charge on any atom is -0.394 e. The molecule has 4 N–H and O–H groups in total. The van der Waals surface area contributed by atoms with Gasteiger partial charge in [0, 0.05) is 0 Å². The van der Waals surface area contributed by atoms with Crippen LogP contribution in [0.5, 0.6) is 0 Å². The second kappa shape index (κ2) is 4.95. The summed E-state index contributed by atoms with van der Waals surface area (Å²) in [6.45, 7) is 0. The van der Waals surface area contributed by atoms with Gasteiger partial charge in [0.1, 0.15) is 0 Å². The number of anilines is 2. The van der Waals surface area contributed by atoms with E-state index in [-0.39, 0.29) is 17.5 Å². The number of aromatic nitrogens is 2. The van der Waals surface area contributed by atoms with Crippen molar-refractivity contribution < 1.29 is 8.42 Å². The highest BCUT2D eigenvalue weighted by Gasteiger charge is 2.22. The van der Waals surface area contributed by atoms with Crippen LogP contribution >= 0.6 is 0 Å². The third-order valence-electron chi connectivity index (χ3n) is 3.11. The van der Waals surface area contributed by atoms with Crippen molar-refractivity contribution in [1.82, 2.24) is 10.2 Å². The van der Waals surface area contributed by atoms with Gasteiger partial charge >= 0.3 is 0 Å². The molecule has 7 heteroatoms. The number of nitrogens with two attached hydrogens (primary N) is 1. The fourth-order valence-electron chi connectivity index (χ4n) is 2.24. The average molecular weight is 258 g/mol. The third-order valence-corrected chi connectivity index (χ3v) is 4.53. The molecule has 96 valence electrons. The van der Waals surface area contributed by atoms with Crippen molar-refractivity contribution in [3.63, 3.8) is 0 Å². The van der Waals surface area contributed by atoms with Crippen LogP contribution in [0.3, 0.4) is 0 Å². The van der Waals surface area contributed by atoms with Crippen molar-refractivity contribution in [1.29, 1.82) is 0 Å². The normalized spacial score (nSPS) is 18.1. The number of hydrogen-bond acceptors (Lipinski definition) is 4. The average Bonchev–Trinajstić information content (AvgIpc) is 2.64. The first-order valence-electron chi connectivity index (χ1n) is 5.86. The number of hydrogen-bond donors (Lipinski definition) is 3. The monoisotopic (exact) mass is 258 g/mol. The lowest BCUT2D eigenvalue weighted by atomic mass is 9.91. The van der Waals surface area contributed by atoms with Crippen LogP contribution < -0.4 is 10.5 Å². The van der Waals surface area contributed by atoms with Gasteiger partial charge in [0.15, 0.2) is 5.82 Å². The summed E-state index contributed by atoms with van der Waals surface area (Å²) in [5.41, 5.74) is 5.88. The molecule has 0 aromatic carbocycles. The predicted molar refractivity (Wildman–Crippen MR) is 67.0 cm³/mol. The molecule has 1 aliphatic carbocycles. The molecular weight excluding hydrogens is 240 g/mol. The van der Waals surface area contributed by atoms with Gasteiger partial charge in [0.05, 0.1) is 17.6 Å². The predicted octanol–water partition coefficient (Wildman–Crippen LogP) is 1.31. The number of H-pyrrole nitrogens is 1. The quantitative estimate of drug-likeness (QED) is 0.758. The summed E-state index contributed by atoms with van der Waals surface area (Å²) in [4.78, 5) is 0. The lowest BCUT2D eigenvalue weighted by molar-refractivity contribution is 0.385. The molecule has 0 radical (unpaired) electrons. The molecule has 0 aliphatic heterocycles. The molecule has 1 aromatic rings. The van der Waals surface area contributed by atoms with Crippen LogP contribution in [0.1, 0.15) is 32.1 Å². The van der Waals surface area contributed by atoms with Gasteiger partial charge in [-0.25, -0.2) is 8.42 Å². The van der Waals surface area contributed by atoms with Gasteiger partial charge in [-0.15, -0.1) is 0 Å². The Bertz CT molecular complexity index is 462. The van der Waals surface area contributed by atoms with E-state index in [9.17, 15) is 8.42 Å². The zero-order chi connectivity index (χ0) is 12.3. The molecule has 6 nitrogen and oxygen atoms in total. The summed E-state index contributed by atoms with van der Waals surface area (Å²) in [6, 6.07) is 0. The van der Waals surface area contributed by atoms with Gasteiger partial charge in [-0.2, -0.15) is 5.10 Å². The van der Waals surface area contributed by atoms with E-state index < -0.39 is 10.0 Å². The third kappa shape index (κ3) is 3.36. The maximum atomic E-state index is 11.9. The Kier molecular flexibility index (Phi) is 3.56. The Hall–Kier alpha value is -1.24. The number of nitrogens with one attached hydrogen (secondary N) is 2. The van der Waals surface area contributed by atoms with Gasteiger partial charge in [-0.1, -0.05) is 19.3 Å². The summed E-state index contributed by atoms with van der Waals surface area (Å²) in [5.74, 6) is 0.706. The molecular formula is C10H18N4O2S. The van der Waals surface area contributed by atoms with Crippen LogP contribution in [-0.2, 0) is 10.0 Å². The van der Waals surface area contributed by atoms with E-state index >= 15 is 0 Å². The summed E-state index contributed by atoms with van der Waals surface area (Å²) < 4.78 is 26.3. The molecule has 0 saturated heterocycles. The molecule has 0 unspecified atom stereocenters. The first-order chi connectivity index (χ1) is 8.07. The molecule has 1 aliphatic rings. The van der Waals surface area contributed by atoms with Crippen molar-refractivity contribution in [2.24, 2.45) is 5.92 Å². The molecule has 1 heterocycles. The van der Waals surface area contributed by atoms with Crippen LogP contribution in [0.2, 0.25) is 0 Å². The second-order valence-corrected chi connectivity index (χ2v) is 6.35. The summed E-state index contributed by atoms with van der Waals surface area (Å²) in [6.07, 6.45) is 6.87. The van der Waals surface area contributed by atoms with Crippen molar-refractivity contribution in [3.8, 4) is 0 Å². The molecule has 0 amide bonds. The van der Waals surface area contributed by atoms with E-state index in [0.717, 1.165) is 25.7 Å². The van der Waals surface area contributed by atoms with E-state index in [4.69, 9.17) is 5.73 Å². The molecule has 1 fully saturated rings. The molecule has 2 rings (SSSR count). The lowest BCUT2D eigenvalue weighted by Gasteiger charge is -2.21. The van der Waals surface area contributed by atoms with Crippen LogP contribution in [0.25, 0.3) is 0 Å². The molecule has 1 aromatic heterocycles. The maximum Gasteiger partial charge on any atom is 0.234 e. The Morgan fingerprint density at radius 3 is 2.71 bits per heavy atom. The summed E-state index contributed by atoms with van der Waals surface area (Å²) >= 11 is 0. The molecule has 0 bridgehead atoms. The van der Waals surface area contributed by atoms with E-state index in [1.165, 1.54) is 12.6 Å². The van der Waals surface area contributed by atoms with Crippen molar-refractivity contribution >= 4 is 21.5 Å². The van der Waals surface area contributed by atoms with Crippen molar-refractivity contribution in [2.75, 3.05) is 16.2 Å². The van der Waals surface area contributed by atoms with Crippen LogP contribution in [0.15, 0.2) is 6.20 Å². The van der Waals surface area contributed by atoms with Gasteiger partial charge in [-0.05, 0) is 18.8 Å². The highest BCUT2D eigenvalue weighted by Crippen LogP contribution is 2.25. The van der Waals surface area contributed by atoms with Gasteiger partial charge in [0.25, 0.3) is 0 Å². The summed E-state index contributed by atoms with van der Waals surface area (Å²) in [7, 11) is -3.33. The van der Waals surface area contributed by atoms with Gasteiger partial charge in [-0.3, -0.25) is 9.82 Å². The highest BCUT2D eigenvalue weighted by molar-refractivity contribution is 7.92. The Labute approximate surface area is 101 Å². The smallest absolute Gasteiger partial charge is 0.234 e. The van der Waals surface area contributed by atoms with Gasteiger partial charge < -0.3 is 5.73 Å². The van der Waals surface area contributed by atoms with Crippen LogP contribution in [0, 0.1) is 5.92 Å². The van der Waals surface area contributed by atoms with Crippen molar-refractivity contribution in [2.45, 2.75) is 32.1 Å². The number of aromatic amines is 1. The second-order valence-electron chi connectivity index (χ2n) is 4.59. The van der Waals surface area contributed by atoms with Crippen LogP contribution in [-0.4, -0.2) is 24.4 Å². The molecule has 17 heavy (non-hydrogen) atoms. The zero-order valence-electron chi connectivity index (χ0n) is 9.65. The SMILES string of the molecule is Nc1cn[nH]c1NS(=O)(=O)CC1CCCCC1. The number of nitrogen functional groups attached to an aromatic ring is 1. The fourth-order valence-corrected chi connectivity index (χ4v) is 3.75. The van der Waals surface area contributed by atoms with Gasteiger partial charge in [0.2, 0.25) is 10.0 Å². The number of rotatable bonds is 4. The topological polar surface area (TPSA) is 101 Å². The minimum absolute atomic E-state index is 0.172. The molecule has 1 saturated carbocycles. The largest absolute Gasteiger partial charge is 0.394 e. The van der Waals surface area contributed by atoms with Crippen LogP contribution in [0.4, 0.5) is 11.5 Å². The molecule has 0 atom stereocenters. The number of nitrogens with zero attached hydrogens (tertiary/aromatic N) is 1. The first-order valence-corrected chi connectivity index (χ1v) is 7.51. The highest BCUT2D eigenvalue weighted by atomic mass is 32.2. The minimum atomic E-state index is -3.33. The van der Waals surface area contributed by atoms with Crippen molar-refractivity contribution in [3.05, 3.63) is 6.20 Å². The fraction of sp³-hybridized carbons (Fsp3) is 0.700. The summed E-state index contributed by atoms with van der Waals surface area (Å²) in [5, 5.41) is 6.21.